The summed E-state index contributed by atoms with van der Waals surface area (Å²) < 4.78 is 46.0. The van der Waals surface area contributed by atoms with Crippen molar-refractivity contribution in [1.29, 1.82) is 5.26 Å². The Balaban J connectivity index is 0.00000560. The van der Waals surface area contributed by atoms with Crippen LogP contribution in [0.15, 0.2) is 18.2 Å². The van der Waals surface area contributed by atoms with Gasteiger partial charge in [0.2, 0.25) is 17.7 Å². The fourth-order valence-corrected chi connectivity index (χ4v) is 4.03. The third-order valence-corrected chi connectivity index (χ3v) is 5.96. The van der Waals surface area contributed by atoms with E-state index in [1.807, 2.05) is 6.07 Å². The largest absolute Gasteiger partial charge is 0.477 e. The number of aromatic nitrogens is 2. The zero-order valence-corrected chi connectivity index (χ0v) is 21.7. The number of anilines is 3. The number of ether oxygens (including phenoxy) is 1. The van der Waals surface area contributed by atoms with E-state index in [-0.39, 0.29) is 48.5 Å². The summed E-state index contributed by atoms with van der Waals surface area (Å²) >= 11 is 0. The monoisotopic (exact) mass is 564 g/mol. The SMILES string of the molecule is C.CCOc1nc(N)nc(N[C@@H](C)C(=O)Nc2cc(C(=O)NCCCN3CCCC3)cc(C(F)(F)F)c2)c1C#N. The summed E-state index contributed by atoms with van der Waals surface area (Å²) in [6, 6.07) is 3.46. The van der Waals surface area contributed by atoms with Crippen LogP contribution >= 0.6 is 0 Å². The quantitative estimate of drug-likeness (QED) is 0.299. The van der Waals surface area contributed by atoms with Crippen LogP contribution < -0.4 is 26.4 Å². The van der Waals surface area contributed by atoms with Crippen molar-refractivity contribution in [2.75, 3.05) is 49.2 Å². The molecule has 1 aliphatic rings. The van der Waals surface area contributed by atoms with E-state index >= 15 is 0 Å². The maximum absolute atomic E-state index is 13.6. The van der Waals surface area contributed by atoms with E-state index < -0.39 is 29.6 Å². The maximum atomic E-state index is 13.6. The Bertz CT molecular complexity index is 1230. The fourth-order valence-electron chi connectivity index (χ4n) is 4.03. The van der Waals surface area contributed by atoms with Crippen LogP contribution in [0, 0.1) is 11.3 Å². The lowest BCUT2D eigenvalue weighted by Gasteiger charge is -2.18. The lowest BCUT2D eigenvalue weighted by molar-refractivity contribution is -0.137. The van der Waals surface area contributed by atoms with Crippen LogP contribution in [0.5, 0.6) is 5.88 Å². The second kappa shape index (κ2) is 14.3. The Kier molecular flexibility index (Phi) is 11.5. The molecule has 0 aliphatic carbocycles. The number of benzene rings is 1. The van der Waals surface area contributed by atoms with E-state index in [0.717, 1.165) is 44.6 Å². The molecule has 1 atom stereocenters. The number of nitrogens with zero attached hydrogens (tertiary/aromatic N) is 4. The second-order valence-electron chi connectivity index (χ2n) is 8.97. The smallest absolute Gasteiger partial charge is 0.416 e. The number of halogens is 3. The number of likely N-dealkylation sites (tertiary alicyclic amines) is 1. The van der Waals surface area contributed by atoms with Crippen molar-refractivity contribution in [2.45, 2.75) is 52.8 Å². The zero-order valence-electron chi connectivity index (χ0n) is 21.7. The molecule has 0 unspecified atom stereocenters. The summed E-state index contributed by atoms with van der Waals surface area (Å²) in [4.78, 5) is 35.5. The number of nitrogens with two attached hydrogens (primary N) is 1. The van der Waals surface area contributed by atoms with E-state index in [4.69, 9.17) is 10.5 Å². The predicted octanol–water partition coefficient (Wildman–Crippen LogP) is 3.64. The third-order valence-electron chi connectivity index (χ3n) is 5.96. The zero-order chi connectivity index (χ0) is 28.6. The van der Waals surface area contributed by atoms with Gasteiger partial charge in [0.05, 0.1) is 12.2 Å². The molecular formula is C26H35F3N8O3. The maximum Gasteiger partial charge on any atom is 0.416 e. The highest BCUT2D eigenvalue weighted by molar-refractivity contribution is 5.99. The molecule has 11 nitrogen and oxygen atoms in total. The van der Waals surface area contributed by atoms with Gasteiger partial charge >= 0.3 is 6.18 Å². The molecule has 1 aromatic carbocycles. The van der Waals surface area contributed by atoms with E-state index in [9.17, 15) is 28.0 Å². The normalized spacial score (nSPS) is 14.0. The van der Waals surface area contributed by atoms with Crippen LogP contribution in [-0.2, 0) is 11.0 Å². The topological polar surface area (TPSA) is 158 Å². The van der Waals surface area contributed by atoms with E-state index in [2.05, 4.69) is 30.8 Å². The summed E-state index contributed by atoms with van der Waals surface area (Å²) in [7, 11) is 0. The molecule has 218 valence electrons. The van der Waals surface area contributed by atoms with Crippen molar-refractivity contribution in [3.63, 3.8) is 0 Å². The van der Waals surface area contributed by atoms with Crippen LogP contribution in [0.2, 0.25) is 0 Å². The highest BCUT2D eigenvalue weighted by Gasteiger charge is 2.32. The van der Waals surface area contributed by atoms with Gasteiger partial charge < -0.3 is 31.3 Å². The minimum atomic E-state index is -4.74. The molecule has 0 saturated carbocycles. The van der Waals surface area contributed by atoms with Gasteiger partial charge in [0, 0.05) is 17.8 Å². The first-order valence-electron chi connectivity index (χ1n) is 12.5. The number of carbonyl (C=O) groups is 2. The van der Waals surface area contributed by atoms with Gasteiger partial charge in [-0.1, -0.05) is 7.43 Å². The number of amides is 2. The Morgan fingerprint density at radius 2 is 1.93 bits per heavy atom. The van der Waals surface area contributed by atoms with Gasteiger partial charge in [-0.25, -0.2) is 0 Å². The number of nitrogens with one attached hydrogen (secondary N) is 3. The number of rotatable bonds is 11. The number of alkyl halides is 3. The molecule has 5 N–H and O–H groups in total. The van der Waals surface area contributed by atoms with Crippen LogP contribution in [-0.4, -0.2) is 65.5 Å². The van der Waals surface area contributed by atoms with Gasteiger partial charge in [-0.3, -0.25) is 9.59 Å². The van der Waals surface area contributed by atoms with Gasteiger partial charge in [0.15, 0.2) is 11.4 Å². The van der Waals surface area contributed by atoms with Crippen LogP contribution in [0.3, 0.4) is 0 Å². The van der Waals surface area contributed by atoms with Gasteiger partial charge in [-0.2, -0.15) is 28.4 Å². The molecule has 3 rings (SSSR count). The molecule has 40 heavy (non-hydrogen) atoms. The van der Waals surface area contributed by atoms with Crippen LogP contribution in [0.4, 0.5) is 30.6 Å². The molecule has 1 fully saturated rings. The van der Waals surface area contributed by atoms with Gasteiger partial charge in [0.1, 0.15) is 12.1 Å². The highest BCUT2D eigenvalue weighted by atomic mass is 19.4. The molecule has 2 heterocycles. The molecule has 2 aromatic rings. The molecule has 1 aromatic heterocycles. The first kappa shape index (κ1) is 32.1. The Morgan fingerprint density at radius 1 is 1.23 bits per heavy atom. The van der Waals surface area contributed by atoms with E-state index in [1.54, 1.807) is 6.92 Å². The van der Waals surface area contributed by atoms with Gasteiger partial charge in [-0.15, -0.1) is 0 Å². The molecule has 1 aliphatic heterocycles. The van der Waals surface area contributed by atoms with Crippen molar-refractivity contribution in [2.24, 2.45) is 0 Å². The van der Waals surface area contributed by atoms with Crippen molar-refractivity contribution < 1.29 is 27.5 Å². The molecule has 1 saturated heterocycles. The fraction of sp³-hybridized carbons (Fsp3) is 0.500. The number of nitrogen functional groups attached to an aromatic ring is 1. The molecule has 14 heteroatoms. The Hall–Kier alpha value is -4.12. The Labute approximate surface area is 231 Å². The summed E-state index contributed by atoms with van der Waals surface area (Å²) in [6.07, 6.45) is -1.80. The lowest BCUT2D eigenvalue weighted by atomic mass is 10.1. The average molecular weight is 565 g/mol. The van der Waals surface area contributed by atoms with Gasteiger partial charge in [0.25, 0.3) is 5.91 Å². The van der Waals surface area contributed by atoms with Crippen molar-refractivity contribution in [3.8, 4) is 11.9 Å². The van der Waals surface area contributed by atoms with Gasteiger partial charge in [-0.05, 0) is 70.9 Å². The van der Waals surface area contributed by atoms with E-state index in [1.165, 1.54) is 13.0 Å². The van der Waals surface area contributed by atoms with Crippen LogP contribution in [0.25, 0.3) is 0 Å². The molecule has 0 radical (unpaired) electrons. The second-order valence-corrected chi connectivity index (χ2v) is 8.97. The summed E-state index contributed by atoms with van der Waals surface area (Å²) in [5, 5.41) is 17.2. The van der Waals surface area contributed by atoms with E-state index in [0.29, 0.717) is 13.0 Å². The summed E-state index contributed by atoms with van der Waals surface area (Å²) in [6.45, 7) is 6.41. The van der Waals surface area contributed by atoms with Crippen molar-refractivity contribution in [1.82, 2.24) is 20.2 Å². The average Bonchev–Trinajstić information content (AvgIpc) is 3.39. The summed E-state index contributed by atoms with van der Waals surface area (Å²) in [5.41, 5.74) is 4.04. The molecular weight excluding hydrogens is 529 g/mol. The third kappa shape index (κ3) is 8.70. The molecule has 2 amide bonds. The molecule has 0 spiro atoms. The summed E-state index contributed by atoms with van der Waals surface area (Å²) in [5.74, 6) is -1.78. The number of carbonyl (C=O) groups excluding carboxylic acids is 2. The first-order chi connectivity index (χ1) is 18.5. The first-order valence-corrected chi connectivity index (χ1v) is 12.5. The minimum Gasteiger partial charge on any atom is -0.477 e. The van der Waals surface area contributed by atoms with Crippen molar-refractivity contribution >= 4 is 29.3 Å². The van der Waals surface area contributed by atoms with Crippen molar-refractivity contribution in [3.05, 3.63) is 34.9 Å². The molecule has 0 bridgehead atoms. The number of hydrogen-bond acceptors (Lipinski definition) is 9. The predicted molar refractivity (Wildman–Crippen MR) is 145 cm³/mol. The Morgan fingerprint density at radius 3 is 2.55 bits per heavy atom. The number of nitriles is 1. The lowest BCUT2D eigenvalue weighted by Crippen LogP contribution is -2.33. The number of hydrogen-bond donors (Lipinski definition) is 4. The highest BCUT2D eigenvalue weighted by Crippen LogP contribution is 2.32. The standard InChI is InChI=1S/C25H31F3N8O3.CH4/c1-3-39-23-19(14-29)20(34-24(30)35-23)32-15(2)21(37)33-18-12-16(11-17(13-18)25(26,27)28)22(38)31-7-6-10-36-8-4-5-9-36;/h11-13,15H,3-10H2,1-2H3,(H,31,38)(H,33,37)(H3,30,32,34,35);1H4/t15-;/m0./s1. The minimum absolute atomic E-state index is 0. The van der Waals surface area contributed by atoms with Crippen LogP contribution in [0.1, 0.15) is 62.0 Å².